The van der Waals surface area contributed by atoms with Crippen molar-refractivity contribution < 1.29 is 14.0 Å². The average molecular weight is 351 g/mol. The molecule has 0 fully saturated rings. The molecule has 0 bridgehead atoms. The third kappa shape index (κ3) is 3.91. The Kier molecular flexibility index (Phi) is 5.02. The van der Waals surface area contributed by atoms with Crippen molar-refractivity contribution in [2.75, 3.05) is 5.32 Å². The molecular formula is C20H21N3O3. The van der Waals surface area contributed by atoms with Crippen LogP contribution in [0.5, 0.6) is 0 Å². The van der Waals surface area contributed by atoms with E-state index in [2.05, 4.69) is 15.6 Å². The molecule has 1 aromatic heterocycles. The minimum Gasteiger partial charge on any atom is -0.436 e. The number of anilines is 1. The summed E-state index contributed by atoms with van der Waals surface area (Å²) in [5.41, 5.74) is 3.00. The molecule has 26 heavy (non-hydrogen) atoms. The maximum atomic E-state index is 12.4. The molecule has 6 nitrogen and oxygen atoms in total. The fourth-order valence-corrected chi connectivity index (χ4v) is 2.67. The van der Waals surface area contributed by atoms with E-state index in [-0.39, 0.29) is 17.7 Å². The highest BCUT2D eigenvalue weighted by molar-refractivity contribution is 5.97. The fraction of sp³-hybridized carbons (Fsp3) is 0.250. The number of aromatic nitrogens is 1. The summed E-state index contributed by atoms with van der Waals surface area (Å²) >= 11 is 0. The average Bonchev–Trinajstić information content (AvgIpc) is 3.04. The maximum absolute atomic E-state index is 12.4. The van der Waals surface area contributed by atoms with Gasteiger partial charge in [0.25, 0.3) is 0 Å². The van der Waals surface area contributed by atoms with Crippen LogP contribution in [0, 0.1) is 5.92 Å². The number of benzene rings is 2. The summed E-state index contributed by atoms with van der Waals surface area (Å²) in [6.07, 6.45) is 0. The molecule has 0 spiro atoms. The van der Waals surface area contributed by atoms with Crippen LogP contribution in [-0.2, 0) is 9.59 Å². The Balaban J connectivity index is 1.74. The minimum atomic E-state index is -0.579. The second kappa shape index (κ2) is 7.39. The molecule has 3 rings (SSSR count). The molecule has 3 aromatic rings. The van der Waals surface area contributed by atoms with Crippen molar-refractivity contribution in [2.24, 2.45) is 5.92 Å². The molecule has 1 atom stereocenters. The lowest BCUT2D eigenvalue weighted by molar-refractivity contribution is -0.126. The van der Waals surface area contributed by atoms with Crippen LogP contribution in [0.2, 0.25) is 0 Å². The van der Waals surface area contributed by atoms with Crippen LogP contribution in [0.15, 0.2) is 52.9 Å². The van der Waals surface area contributed by atoms with E-state index in [0.717, 1.165) is 16.7 Å². The van der Waals surface area contributed by atoms with Crippen LogP contribution in [-0.4, -0.2) is 22.8 Å². The highest BCUT2D eigenvalue weighted by atomic mass is 16.3. The number of hydrogen-bond donors (Lipinski definition) is 2. The van der Waals surface area contributed by atoms with E-state index in [4.69, 9.17) is 4.42 Å². The van der Waals surface area contributed by atoms with Gasteiger partial charge in [-0.1, -0.05) is 26.0 Å². The Hall–Kier alpha value is -3.15. The van der Waals surface area contributed by atoms with E-state index in [9.17, 15) is 9.59 Å². The van der Waals surface area contributed by atoms with Gasteiger partial charge in [-0.2, -0.15) is 0 Å². The number of nitrogens with zero attached hydrogens (tertiary/aromatic N) is 1. The number of amides is 2. The number of para-hydroxylation sites is 2. The summed E-state index contributed by atoms with van der Waals surface area (Å²) in [5, 5.41) is 5.50. The summed E-state index contributed by atoms with van der Waals surface area (Å²) < 4.78 is 5.74. The summed E-state index contributed by atoms with van der Waals surface area (Å²) in [7, 11) is 0. The van der Waals surface area contributed by atoms with E-state index >= 15 is 0 Å². The van der Waals surface area contributed by atoms with E-state index < -0.39 is 6.04 Å². The third-order valence-corrected chi connectivity index (χ3v) is 4.00. The smallest absolute Gasteiger partial charge is 0.247 e. The first-order valence-corrected chi connectivity index (χ1v) is 8.48. The van der Waals surface area contributed by atoms with Crippen LogP contribution in [0.1, 0.15) is 20.8 Å². The molecule has 0 aliphatic carbocycles. The van der Waals surface area contributed by atoms with Gasteiger partial charge in [-0.05, 0) is 42.3 Å². The molecule has 0 saturated heterocycles. The van der Waals surface area contributed by atoms with Gasteiger partial charge in [-0.25, -0.2) is 4.98 Å². The lowest BCUT2D eigenvalue weighted by Gasteiger charge is -2.20. The number of hydrogen-bond acceptors (Lipinski definition) is 4. The van der Waals surface area contributed by atoms with Crippen molar-refractivity contribution in [3.05, 3.63) is 48.5 Å². The predicted octanol–water partition coefficient (Wildman–Crippen LogP) is 3.59. The first-order valence-electron chi connectivity index (χ1n) is 8.48. The number of oxazole rings is 1. The minimum absolute atomic E-state index is 0.0158. The molecular weight excluding hydrogens is 330 g/mol. The second-order valence-corrected chi connectivity index (χ2v) is 6.48. The van der Waals surface area contributed by atoms with Crippen molar-refractivity contribution >= 4 is 28.6 Å². The standard InChI is InChI=1S/C20H21N3O3/c1-12(2)18(21-13(3)24)19(25)22-15-10-8-14(9-11-15)20-23-16-6-4-5-7-17(16)26-20/h4-12,18H,1-3H3,(H,21,24)(H,22,25). The largest absolute Gasteiger partial charge is 0.436 e. The van der Waals surface area contributed by atoms with Gasteiger partial charge >= 0.3 is 0 Å². The van der Waals surface area contributed by atoms with Gasteiger partial charge in [0.2, 0.25) is 17.7 Å². The number of nitrogens with one attached hydrogen (secondary N) is 2. The van der Waals surface area contributed by atoms with Crippen LogP contribution in [0.4, 0.5) is 5.69 Å². The van der Waals surface area contributed by atoms with Crippen molar-refractivity contribution in [1.82, 2.24) is 10.3 Å². The Bertz CT molecular complexity index is 896. The predicted molar refractivity (Wildman–Crippen MR) is 101 cm³/mol. The van der Waals surface area contributed by atoms with E-state index in [1.807, 2.05) is 50.2 Å². The first kappa shape index (κ1) is 17.7. The number of fused-ring (bicyclic) bond motifs is 1. The molecule has 1 unspecified atom stereocenters. The molecule has 134 valence electrons. The van der Waals surface area contributed by atoms with Crippen molar-refractivity contribution in [2.45, 2.75) is 26.8 Å². The summed E-state index contributed by atoms with van der Waals surface area (Å²) in [4.78, 5) is 28.1. The van der Waals surface area contributed by atoms with Gasteiger partial charge in [0.15, 0.2) is 5.58 Å². The lowest BCUT2D eigenvalue weighted by atomic mass is 10.0. The van der Waals surface area contributed by atoms with Crippen molar-refractivity contribution in [3.63, 3.8) is 0 Å². The molecule has 2 amide bonds. The number of rotatable bonds is 5. The van der Waals surface area contributed by atoms with Gasteiger partial charge in [0.05, 0.1) is 0 Å². The zero-order valence-electron chi connectivity index (χ0n) is 14.9. The van der Waals surface area contributed by atoms with Crippen LogP contribution >= 0.6 is 0 Å². The third-order valence-electron chi connectivity index (χ3n) is 4.00. The summed E-state index contributed by atoms with van der Waals surface area (Å²) in [6.45, 7) is 5.17. The highest BCUT2D eigenvalue weighted by Gasteiger charge is 2.23. The first-order chi connectivity index (χ1) is 12.4. The monoisotopic (exact) mass is 351 g/mol. The number of carbonyl (C=O) groups is 2. The zero-order chi connectivity index (χ0) is 18.7. The van der Waals surface area contributed by atoms with Crippen molar-refractivity contribution in [1.29, 1.82) is 0 Å². The van der Waals surface area contributed by atoms with Gasteiger partial charge < -0.3 is 15.1 Å². The highest BCUT2D eigenvalue weighted by Crippen LogP contribution is 2.25. The van der Waals surface area contributed by atoms with Crippen molar-refractivity contribution in [3.8, 4) is 11.5 Å². The quantitative estimate of drug-likeness (QED) is 0.736. The van der Waals surface area contributed by atoms with Gasteiger partial charge in [0, 0.05) is 18.2 Å². The molecule has 0 aliphatic heterocycles. The Morgan fingerprint density at radius 2 is 1.73 bits per heavy atom. The Morgan fingerprint density at radius 3 is 2.35 bits per heavy atom. The van der Waals surface area contributed by atoms with Gasteiger partial charge in [0.1, 0.15) is 11.6 Å². The molecule has 0 aliphatic rings. The van der Waals surface area contributed by atoms with Crippen LogP contribution < -0.4 is 10.6 Å². The van der Waals surface area contributed by atoms with E-state index in [1.54, 1.807) is 12.1 Å². The zero-order valence-corrected chi connectivity index (χ0v) is 14.9. The summed E-state index contributed by atoms with van der Waals surface area (Å²) in [5.74, 6) is 0.0373. The topological polar surface area (TPSA) is 84.2 Å². The molecule has 2 aromatic carbocycles. The normalized spacial score (nSPS) is 12.2. The van der Waals surface area contributed by atoms with Gasteiger partial charge in [-0.15, -0.1) is 0 Å². The molecule has 0 radical (unpaired) electrons. The molecule has 0 saturated carbocycles. The summed E-state index contributed by atoms with van der Waals surface area (Å²) in [6, 6.07) is 14.2. The van der Waals surface area contributed by atoms with Crippen LogP contribution in [0.3, 0.4) is 0 Å². The van der Waals surface area contributed by atoms with Gasteiger partial charge in [-0.3, -0.25) is 9.59 Å². The number of carbonyl (C=O) groups excluding carboxylic acids is 2. The fourth-order valence-electron chi connectivity index (χ4n) is 2.67. The Morgan fingerprint density at radius 1 is 1.04 bits per heavy atom. The molecule has 2 N–H and O–H groups in total. The Labute approximate surface area is 151 Å². The molecule has 6 heteroatoms. The lowest BCUT2D eigenvalue weighted by Crippen LogP contribution is -2.46. The second-order valence-electron chi connectivity index (χ2n) is 6.48. The molecule has 1 heterocycles. The SMILES string of the molecule is CC(=O)NC(C(=O)Nc1ccc(-c2nc3ccccc3o2)cc1)C(C)C. The van der Waals surface area contributed by atoms with Crippen LogP contribution in [0.25, 0.3) is 22.6 Å². The van der Waals surface area contributed by atoms with E-state index in [1.165, 1.54) is 6.92 Å². The maximum Gasteiger partial charge on any atom is 0.247 e. The van der Waals surface area contributed by atoms with E-state index in [0.29, 0.717) is 11.6 Å².